The molecule has 0 aliphatic carbocycles. The summed E-state index contributed by atoms with van der Waals surface area (Å²) in [7, 11) is 1.64. The van der Waals surface area contributed by atoms with Crippen molar-refractivity contribution in [3.63, 3.8) is 0 Å². The molecule has 0 bridgehead atoms. The van der Waals surface area contributed by atoms with Gasteiger partial charge in [0.2, 0.25) is 0 Å². The molecule has 0 saturated heterocycles. The molecular weight excluding hydrogens is 314 g/mol. The molecule has 0 unspecified atom stereocenters. The molecule has 0 aliphatic heterocycles. The van der Waals surface area contributed by atoms with Crippen LogP contribution in [0.4, 0.5) is 0 Å². The second-order valence-corrected chi connectivity index (χ2v) is 5.67. The number of rotatable bonds is 6. The predicted molar refractivity (Wildman–Crippen MR) is 101 cm³/mol. The van der Waals surface area contributed by atoms with Gasteiger partial charge in [-0.2, -0.15) is 0 Å². The standard InChI is InChI=1S/C21H21NO3/c1-3-25-13-12-17-15-22(14-16-8-10-18(24-2)11-9-16)21(23)20-7-5-4-6-19(17)20/h4-13,15H,3,14H2,1-2H3/b13-12+. The Balaban J connectivity index is 2.04. The van der Waals surface area contributed by atoms with E-state index in [0.29, 0.717) is 18.5 Å². The molecule has 0 N–H and O–H groups in total. The van der Waals surface area contributed by atoms with Crippen molar-refractivity contribution in [3.05, 3.63) is 82.5 Å². The van der Waals surface area contributed by atoms with Gasteiger partial charge in [-0.15, -0.1) is 0 Å². The van der Waals surface area contributed by atoms with Gasteiger partial charge in [-0.25, -0.2) is 0 Å². The number of hydrogen-bond donors (Lipinski definition) is 0. The van der Waals surface area contributed by atoms with Crippen LogP contribution in [0, 0.1) is 0 Å². The molecule has 0 amide bonds. The first-order valence-electron chi connectivity index (χ1n) is 8.26. The van der Waals surface area contributed by atoms with Gasteiger partial charge in [0.05, 0.1) is 26.5 Å². The fourth-order valence-electron chi connectivity index (χ4n) is 2.77. The first-order valence-corrected chi connectivity index (χ1v) is 8.26. The summed E-state index contributed by atoms with van der Waals surface area (Å²) >= 11 is 0. The van der Waals surface area contributed by atoms with Crippen molar-refractivity contribution in [2.45, 2.75) is 13.5 Å². The van der Waals surface area contributed by atoms with Crippen LogP contribution in [0.25, 0.3) is 16.8 Å². The summed E-state index contributed by atoms with van der Waals surface area (Å²) in [5, 5.41) is 1.63. The highest BCUT2D eigenvalue weighted by atomic mass is 16.5. The third-order valence-electron chi connectivity index (χ3n) is 4.05. The predicted octanol–water partition coefficient (Wildman–Crippen LogP) is 4.07. The zero-order valence-corrected chi connectivity index (χ0v) is 14.4. The molecule has 0 spiro atoms. The van der Waals surface area contributed by atoms with E-state index in [2.05, 4.69) is 0 Å². The van der Waals surface area contributed by atoms with E-state index in [1.807, 2.05) is 67.7 Å². The molecule has 25 heavy (non-hydrogen) atoms. The molecule has 128 valence electrons. The van der Waals surface area contributed by atoms with E-state index in [4.69, 9.17) is 9.47 Å². The minimum atomic E-state index is -0.0000204. The molecule has 1 aromatic heterocycles. The lowest BCUT2D eigenvalue weighted by Gasteiger charge is -2.11. The van der Waals surface area contributed by atoms with Crippen LogP contribution < -0.4 is 10.3 Å². The van der Waals surface area contributed by atoms with E-state index in [1.54, 1.807) is 17.9 Å². The first kappa shape index (κ1) is 16.8. The molecule has 2 aromatic carbocycles. The van der Waals surface area contributed by atoms with Crippen LogP contribution >= 0.6 is 0 Å². The second-order valence-electron chi connectivity index (χ2n) is 5.67. The minimum Gasteiger partial charge on any atom is -0.501 e. The van der Waals surface area contributed by atoms with Gasteiger partial charge in [-0.05, 0) is 42.1 Å². The van der Waals surface area contributed by atoms with Gasteiger partial charge in [0.1, 0.15) is 5.75 Å². The molecule has 4 heteroatoms. The Hall–Kier alpha value is -3.01. The van der Waals surface area contributed by atoms with E-state index < -0.39 is 0 Å². The molecule has 4 nitrogen and oxygen atoms in total. The quantitative estimate of drug-likeness (QED) is 0.638. The Labute approximate surface area is 146 Å². The van der Waals surface area contributed by atoms with Crippen molar-refractivity contribution in [2.75, 3.05) is 13.7 Å². The van der Waals surface area contributed by atoms with Crippen LogP contribution in [-0.4, -0.2) is 18.3 Å². The Bertz CT molecular complexity index is 940. The van der Waals surface area contributed by atoms with Gasteiger partial charge in [0.15, 0.2) is 0 Å². The molecule has 0 saturated carbocycles. The Morgan fingerprint density at radius 1 is 1.04 bits per heavy atom. The Kier molecular flexibility index (Phi) is 5.19. The number of pyridine rings is 1. The third-order valence-corrected chi connectivity index (χ3v) is 4.05. The monoisotopic (exact) mass is 335 g/mol. The lowest BCUT2D eigenvalue weighted by molar-refractivity contribution is 0.272. The average molecular weight is 335 g/mol. The smallest absolute Gasteiger partial charge is 0.258 e. The van der Waals surface area contributed by atoms with Crippen LogP contribution in [0.5, 0.6) is 5.75 Å². The maximum Gasteiger partial charge on any atom is 0.258 e. The highest BCUT2D eigenvalue weighted by Crippen LogP contribution is 2.18. The van der Waals surface area contributed by atoms with Crippen molar-refractivity contribution >= 4 is 16.8 Å². The summed E-state index contributed by atoms with van der Waals surface area (Å²) in [4.78, 5) is 12.8. The van der Waals surface area contributed by atoms with Gasteiger partial charge in [-0.3, -0.25) is 4.79 Å². The highest BCUT2D eigenvalue weighted by Gasteiger charge is 2.07. The first-order chi connectivity index (χ1) is 12.2. The van der Waals surface area contributed by atoms with Crippen molar-refractivity contribution < 1.29 is 9.47 Å². The zero-order valence-electron chi connectivity index (χ0n) is 14.4. The average Bonchev–Trinajstić information content (AvgIpc) is 2.66. The van der Waals surface area contributed by atoms with E-state index in [0.717, 1.165) is 22.3 Å². The Morgan fingerprint density at radius 2 is 1.76 bits per heavy atom. The van der Waals surface area contributed by atoms with E-state index in [1.165, 1.54) is 0 Å². The lowest BCUT2D eigenvalue weighted by atomic mass is 10.1. The lowest BCUT2D eigenvalue weighted by Crippen LogP contribution is -2.21. The molecule has 0 fully saturated rings. The largest absolute Gasteiger partial charge is 0.501 e. The molecule has 1 heterocycles. The molecule has 0 radical (unpaired) electrons. The van der Waals surface area contributed by atoms with Crippen molar-refractivity contribution in [2.24, 2.45) is 0 Å². The van der Waals surface area contributed by atoms with Crippen molar-refractivity contribution in [1.82, 2.24) is 4.57 Å². The maximum atomic E-state index is 12.8. The van der Waals surface area contributed by atoms with Gasteiger partial charge in [0.25, 0.3) is 5.56 Å². The number of nitrogens with zero attached hydrogens (tertiary/aromatic N) is 1. The third kappa shape index (κ3) is 3.74. The number of methoxy groups -OCH3 is 1. The van der Waals surface area contributed by atoms with E-state index in [9.17, 15) is 4.79 Å². The molecule has 3 rings (SSSR count). The molecule has 0 atom stereocenters. The second kappa shape index (κ2) is 7.71. The maximum absolute atomic E-state index is 12.8. The zero-order chi connectivity index (χ0) is 17.6. The number of ether oxygens (including phenoxy) is 2. The SMILES string of the molecule is CCO/C=C/c1cn(Cc2ccc(OC)cc2)c(=O)c2ccccc12. The molecule has 0 aliphatic rings. The van der Waals surface area contributed by atoms with Gasteiger partial charge >= 0.3 is 0 Å². The van der Waals surface area contributed by atoms with Crippen LogP contribution in [-0.2, 0) is 11.3 Å². The van der Waals surface area contributed by atoms with Gasteiger partial charge in [0, 0.05) is 17.1 Å². The van der Waals surface area contributed by atoms with Crippen LogP contribution in [0.15, 0.2) is 65.8 Å². The summed E-state index contributed by atoms with van der Waals surface area (Å²) in [6.07, 6.45) is 5.45. The van der Waals surface area contributed by atoms with E-state index in [-0.39, 0.29) is 5.56 Å². The molecule has 3 aromatic rings. The van der Waals surface area contributed by atoms with Crippen LogP contribution in [0.1, 0.15) is 18.1 Å². The fourth-order valence-corrected chi connectivity index (χ4v) is 2.77. The summed E-state index contributed by atoms with van der Waals surface area (Å²) in [6, 6.07) is 15.4. The van der Waals surface area contributed by atoms with Crippen molar-refractivity contribution in [1.29, 1.82) is 0 Å². The number of hydrogen-bond acceptors (Lipinski definition) is 3. The summed E-state index contributed by atoms with van der Waals surface area (Å²) < 4.78 is 12.2. The van der Waals surface area contributed by atoms with E-state index >= 15 is 0 Å². The number of fused-ring (bicyclic) bond motifs is 1. The van der Waals surface area contributed by atoms with Crippen LogP contribution in [0.3, 0.4) is 0 Å². The van der Waals surface area contributed by atoms with Gasteiger partial charge < -0.3 is 14.0 Å². The number of benzene rings is 2. The highest BCUT2D eigenvalue weighted by molar-refractivity contribution is 5.89. The summed E-state index contributed by atoms with van der Waals surface area (Å²) in [5.41, 5.74) is 2.00. The topological polar surface area (TPSA) is 40.5 Å². The van der Waals surface area contributed by atoms with Crippen molar-refractivity contribution in [3.8, 4) is 5.75 Å². The fraction of sp³-hybridized carbons (Fsp3) is 0.190. The van der Waals surface area contributed by atoms with Gasteiger partial charge in [-0.1, -0.05) is 30.3 Å². The normalized spacial score (nSPS) is 11.1. The minimum absolute atomic E-state index is 0.0000204. The molecular formula is C21H21NO3. The summed E-state index contributed by atoms with van der Waals surface area (Å²) in [5.74, 6) is 0.801. The summed E-state index contributed by atoms with van der Waals surface area (Å²) in [6.45, 7) is 3.05. The number of aromatic nitrogens is 1. The Morgan fingerprint density at radius 3 is 2.44 bits per heavy atom. The van der Waals surface area contributed by atoms with Crippen LogP contribution in [0.2, 0.25) is 0 Å².